The standard InChI is InChI=1S/C14H16ClN3O/c1-9(2)18-6-5-11(17-18)8-14(19)10-3-4-12(15)13(16)7-10/h3-7,9H,8,16H2,1-2H3. The molecule has 0 radical (unpaired) electrons. The summed E-state index contributed by atoms with van der Waals surface area (Å²) in [5, 5.41) is 4.81. The summed E-state index contributed by atoms with van der Waals surface area (Å²) in [7, 11) is 0. The summed E-state index contributed by atoms with van der Waals surface area (Å²) in [4.78, 5) is 12.1. The van der Waals surface area contributed by atoms with E-state index in [0.29, 0.717) is 16.3 Å². The van der Waals surface area contributed by atoms with Crippen molar-refractivity contribution in [3.8, 4) is 0 Å². The number of nitrogen functional groups attached to an aromatic ring is 1. The number of hydrogen-bond donors (Lipinski definition) is 1. The summed E-state index contributed by atoms with van der Waals surface area (Å²) >= 11 is 5.83. The summed E-state index contributed by atoms with van der Waals surface area (Å²) in [6, 6.07) is 7.06. The highest BCUT2D eigenvalue weighted by atomic mass is 35.5. The largest absolute Gasteiger partial charge is 0.398 e. The van der Waals surface area contributed by atoms with E-state index in [-0.39, 0.29) is 18.2 Å². The second-order valence-corrected chi connectivity index (χ2v) is 5.12. The molecule has 0 aliphatic carbocycles. The molecule has 0 bridgehead atoms. The van der Waals surface area contributed by atoms with Gasteiger partial charge in [-0.15, -0.1) is 0 Å². The SMILES string of the molecule is CC(C)n1ccc(CC(=O)c2ccc(Cl)c(N)c2)n1. The molecule has 1 aromatic heterocycles. The molecular weight excluding hydrogens is 262 g/mol. The zero-order chi connectivity index (χ0) is 14.0. The summed E-state index contributed by atoms with van der Waals surface area (Å²) in [5.74, 6) is -0.0163. The van der Waals surface area contributed by atoms with Gasteiger partial charge < -0.3 is 5.73 Å². The van der Waals surface area contributed by atoms with Crippen molar-refractivity contribution in [2.24, 2.45) is 0 Å². The van der Waals surface area contributed by atoms with Crippen molar-refractivity contribution in [2.45, 2.75) is 26.3 Å². The molecule has 0 spiro atoms. The maximum Gasteiger partial charge on any atom is 0.168 e. The number of anilines is 1. The Bertz CT molecular complexity index is 604. The van der Waals surface area contributed by atoms with Gasteiger partial charge in [-0.2, -0.15) is 5.10 Å². The minimum atomic E-state index is -0.0163. The van der Waals surface area contributed by atoms with Crippen LogP contribution < -0.4 is 5.73 Å². The van der Waals surface area contributed by atoms with Crippen molar-refractivity contribution in [1.29, 1.82) is 0 Å². The number of carbonyl (C=O) groups excluding carboxylic acids is 1. The second-order valence-electron chi connectivity index (χ2n) is 4.72. The van der Waals surface area contributed by atoms with Crippen LogP contribution in [0.1, 0.15) is 35.9 Å². The summed E-state index contributed by atoms with van der Waals surface area (Å²) in [6.45, 7) is 4.08. The quantitative estimate of drug-likeness (QED) is 0.690. The molecule has 4 nitrogen and oxygen atoms in total. The van der Waals surface area contributed by atoms with E-state index in [1.807, 2.05) is 30.8 Å². The molecule has 1 heterocycles. The fourth-order valence-corrected chi connectivity index (χ4v) is 1.86. The highest BCUT2D eigenvalue weighted by Gasteiger charge is 2.11. The molecule has 2 aromatic rings. The number of halogens is 1. The molecule has 0 amide bonds. The van der Waals surface area contributed by atoms with Crippen LogP contribution in [0.25, 0.3) is 0 Å². The van der Waals surface area contributed by atoms with Crippen LogP contribution in [0.3, 0.4) is 0 Å². The number of aromatic nitrogens is 2. The van der Waals surface area contributed by atoms with Crippen molar-refractivity contribution in [1.82, 2.24) is 9.78 Å². The zero-order valence-corrected chi connectivity index (χ0v) is 11.7. The fraction of sp³-hybridized carbons (Fsp3) is 0.286. The average Bonchev–Trinajstić information content (AvgIpc) is 2.81. The number of nitrogens with two attached hydrogens (primary N) is 1. The third-order valence-corrected chi connectivity index (χ3v) is 3.20. The van der Waals surface area contributed by atoms with E-state index in [9.17, 15) is 4.79 Å². The summed E-state index contributed by atoms with van der Waals surface area (Å²) in [6.07, 6.45) is 2.14. The first kappa shape index (κ1) is 13.6. The maximum atomic E-state index is 12.1. The topological polar surface area (TPSA) is 60.9 Å². The molecule has 1 aromatic carbocycles. The van der Waals surface area contributed by atoms with E-state index in [2.05, 4.69) is 5.10 Å². The highest BCUT2D eigenvalue weighted by Crippen LogP contribution is 2.20. The Morgan fingerprint density at radius 1 is 1.42 bits per heavy atom. The van der Waals surface area contributed by atoms with Crippen molar-refractivity contribution in [2.75, 3.05) is 5.73 Å². The molecule has 5 heteroatoms. The van der Waals surface area contributed by atoms with E-state index in [1.54, 1.807) is 18.2 Å². The third kappa shape index (κ3) is 3.15. The number of Topliss-reactive ketones (excluding diaryl/α,β-unsaturated/α-hetero) is 1. The predicted octanol–water partition coefficient (Wildman–Crippen LogP) is 3.13. The van der Waals surface area contributed by atoms with Gasteiger partial charge in [0.25, 0.3) is 0 Å². The molecule has 2 rings (SSSR count). The molecule has 0 saturated heterocycles. The lowest BCUT2D eigenvalue weighted by atomic mass is 10.1. The first-order valence-corrected chi connectivity index (χ1v) is 6.47. The Hall–Kier alpha value is -1.81. The lowest BCUT2D eigenvalue weighted by molar-refractivity contribution is 0.0991. The van der Waals surface area contributed by atoms with Gasteiger partial charge in [-0.05, 0) is 38.1 Å². The lowest BCUT2D eigenvalue weighted by Crippen LogP contribution is -2.07. The Labute approximate surface area is 117 Å². The number of nitrogens with zero attached hydrogens (tertiary/aromatic N) is 2. The van der Waals surface area contributed by atoms with Gasteiger partial charge in [0, 0.05) is 17.8 Å². The van der Waals surface area contributed by atoms with E-state index < -0.39 is 0 Å². The lowest BCUT2D eigenvalue weighted by Gasteiger charge is -2.04. The third-order valence-electron chi connectivity index (χ3n) is 2.85. The van der Waals surface area contributed by atoms with Crippen LogP contribution in [-0.2, 0) is 6.42 Å². The smallest absolute Gasteiger partial charge is 0.168 e. The molecule has 0 unspecified atom stereocenters. The van der Waals surface area contributed by atoms with Crippen LogP contribution in [0, 0.1) is 0 Å². The average molecular weight is 278 g/mol. The first-order valence-electron chi connectivity index (χ1n) is 6.09. The molecular formula is C14H16ClN3O. The van der Waals surface area contributed by atoms with E-state index in [4.69, 9.17) is 17.3 Å². The number of carbonyl (C=O) groups is 1. The van der Waals surface area contributed by atoms with Gasteiger partial charge >= 0.3 is 0 Å². The van der Waals surface area contributed by atoms with E-state index >= 15 is 0 Å². The Morgan fingerprint density at radius 2 is 2.16 bits per heavy atom. The van der Waals surface area contributed by atoms with E-state index in [0.717, 1.165) is 5.69 Å². The van der Waals surface area contributed by atoms with Gasteiger partial charge in [0.2, 0.25) is 0 Å². The summed E-state index contributed by atoms with van der Waals surface area (Å²) in [5.41, 5.74) is 7.42. The molecule has 0 saturated carbocycles. The van der Waals surface area contributed by atoms with Crippen molar-refractivity contribution in [3.63, 3.8) is 0 Å². The fourth-order valence-electron chi connectivity index (χ4n) is 1.74. The molecule has 0 aliphatic heterocycles. The van der Waals surface area contributed by atoms with Gasteiger partial charge in [0.1, 0.15) is 0 Å². The van der Waals surface area contributed by atoms with Gasteiger partial charge in [0.15, 0.2) is 5.78 Å². The predicted molar refractivity (Wildman–Crippen MR) is 76.5 cm³/mol. The molecule has 0 fully saturated rings. The maximum absolute atomic E-state index is 12.1. The van der Waals surface area contributed by atoms with Gasteiger partial charge in [0.05, 0.1) is 22.8 Å². The van der Waals surface area contributed by atoms with Gasteiger partial charge in [-0.1, -0.05) is 11.6 Å². The van der Waals surface area contributed by atoms with Crippen LogP contribution >= 0.6 is 11.6 Å². The molecule has 0 atom stereocenters. The van der Waals surface area contributed by atoms with Crippen LogP contribution in [0.2, 0.25) is 5.02 Å². The summed E-state index contributed by atoms with van der Waals surface area (Å²) < 4.78 is 1.83. The number of hydrogen-bond acceptors (Lipinski definition) is 3. The molecule has 0 aliphatic rings. The minimum absolute atomic E-state index is 0.0163. The van der Waals surface area contributed by atoms with Crippen LogP contribution in [-0.4, -0.2) is 15.6 Å². The Balaban J connectivity index is 2.13. The van der Waals surface area contributed by atoms with Gasteiger partial charge in [-0.3, -0.25) is 9.48 Å². The van der Waals surface area contributed by atoms with Crippen LogP contribution in [0.15, 0.2) is 30.5 Å². The first-order chi connectivity index (χ1) is 8.97. The number of ketones is 1. The number of rotatable bonds is 4. The number of benzene rings is 1. The Kier molecular flexibility index (Phi) is 3.90. The van der Waals surface area contributed by atoms with Crippen LogP contribution in [0.4, 0.5) is 5.69 Å². The van der Waals surface area contributed by atoms with Crippen molar-refractivity contribution in [3.05, 3.63) is 46.7 Å². The van der Waals surface area contributed by atoms with Crippen molar-refractivity contribution < 1.29 is 4.79 Å². The normalized spacial score (nSPS) is 10.9. The van der Waals surface area contributed by atoms with Gasteiger partial charge in [-0.25, -0.2) is 0 Å². The van der Waals surface area contributed by atoms with E-state index in [1.165, 1.54) is 0 Å². The Morgan fingerprint density at radius 3 is 2.74 bits per heavy atom. The van der Waals surface area contributed by atoms with Crippen molar-refractivity contribution >= 4 is 23.1 Å². The van der Waals surface area contributed by atoms with Crippen LogP contribution in [0.5, 0.6) is 0 Å². The minimum Gasteiger partial charge on any atom is -0.398 e. The zero-order valence-electron chi connectivity index (χ0n) is 10.9. The molecule has 19 heavy (non-hydrogen) atoms. The molecule has 2 N–H and O–H groups in total. The second kappa shape index (κ2) is 5.45. The molecule has 100 valence electrons. The monoisotopic (exact) mass is 277 g/mol. The highest BCUT2D eigenvalue weighted by molar-refractivity contribution is 6.33.